The van der Waals surface area contributed by atoms with Crippen LogP contribution in [0.1, 0.15) is 25.5 Å². The molecule has 7 heteroatoms. The van der Waals surface area contributed by atoms with Crippen molar-refractivity contribution in [1.29, 1.82) is 0 Å². The van der Waals surface area contributed by atoms with Gasteiger partial charge in [0.15, 0.2) is 5.65 Å². The molecule has 0 amide bonds. The number of hydrogen-bond donors (Lipinski definition) is 1. The molecule has 0 saturated heterocycles. The molecule has 0 spiro atoms. The van der Waals surface area contributed by atoms with Gasteiger partial charge in [0.2, 0.25) is 0 Å². The normalized spacial score (nSPS) is 12.3. The zero-order chi connectivity index (χ0) is 17.2. The summed E-state index contributed by atoms with van der Waals surface area (Å²) in [5.74, 6) is 0. The Morgan fingerprint density at radius 2 is 1.92 bits per heavy atom. The topological polar surface area (TPSA) is 76.9 Å². The summed E-state index contributed by atoms with van der Waals surface area (Å²) in [5.41, 5.74) is 1.95. The number of nitrogens with one attached hydrogen (secondary N) is 1. The van der Waals surface area contributed by atoms with Gasteiger partial charge >= 0.3 is 0 Å². The standard InChI is InChI=1S/C17H18N4O2S/c1-13(2)21-17-15(11-19-21)10-16(12-18-17)20-24(22,23)9-8-14-6-4-3-5-7-14/h3-13,20H,1-2H3. The minimum absolute atomic E-state index is 0.186. The quantitative estimate of drug-likeness (QED) is 0.771. The third-order valence-corrected chi connectivity index (χ3v) is 4.44. The number of rotatable bonds is 5. The number of anilines is 1. The molecular formula is C17H18N4O2S. The van der Waals surface area contributed by atoms with Crippen LogP contribution in [-0.4, -0.2) is 23.2 Å². The smallest absolute Gasteiger partial charge is 0.255 e. The Morgan fingerprint density at radius 1 is 1.17 bits per heavy atom. The first-order valence-electron chi connectivity index (χ1n) is 7.54. The van der Waals surface area contributed by atoms with Gasteiger partial charge in [0.25, 0.3) is 10.0 Å². The zero-order valence-electron chi connectivity index (χ0n) is 13.4. The average molecular weight is 342 g/mol. The molecule has 2 heterocycles. The van der Waals surface area contributed by atoms with Gasteiger partial charge in [-0.1, -0.05) is 30.3 Å². The number of hydrogen-bond acceptors (Lipinski definition) is 4. The fourth-order valence-corrected chi connectivity index (χ4v) is 3.15. The van der Waals surface area contributed by atoms with E-state index in [4.69, 9.17) is 0 Å². The van der Waals surface area contributed by atoms with E-state index in [1.165, 1.54) is 6.20 Å². The summed E-state index contributed by atoms with van der Waals surface area (Å²) in [4.78, 5) is 4.31. The van der Waals surface area contributed by atoms with E-state index in [1.54, 1.807) is 23.0 Å². The van der Waals surface area contributed by atoms with Gasteiger partial charge in [0.1, 0.15) is 0 Å². The van der Waals surface area contributed by atoms with Crippen molar-refractivity contribution in [2.24, 2.45) is 0 Å². The maximum atomic E-state index is 12.2. The molecule has 0 fully saturated rings. The summed E-state index contributed by atoms with van der Waals surface area (Å²) < 4.78 is 28.7. The number of nitrogens with zero attached hydrogens (tertiary/aromatic N) is 3. The molecule has 0 aliphatic carbocycles. The van der Waals surface area contributed by atoms with Crippen LogP contribution in [0.2, 0.25) is 0 Å². The Morgan fingerprint density at radius 3 is 2.62 bits per heavy atom. The van der Waals surface area contributed by atoms with Crippen LogP contribution in [-0.2, 0) is 10.0 Å². The molecule has 3 aromatic rings. The minimum Gasteiger partial charge on any atom is -0.279 e. The second-order valence-electron chi connectivity index (χ2n) is 5.68. The lowest BCUT2D eigenvalue weighted by molar-refractivity contribution is 0.546. The zero-order valence-corrected chi connectivity index (χ0v) is 14.2. The van der Waals surface area contributed by atoms with Crippen LogP contribution >= 0.6 is 0 Å². The van der Waals surface area contributed by atoms with Crippen LogP contribution in [0.4, 0.5) is 5.69 Å². The van der Waals surface area contributed by atoms with E-state index in [9.17, 15) is 8.42 Å². The lowest BCUT2D eigenvalue weighted by Gasteiger charge is -2.07. The third-order valence-electron chi connectivity index (χ3n) is 3.42. The van der Waals surface area contributed by atoms with Gasteiger partial charge in [-0.2, -0.15) is 5.10 Å². The van der Waals surface area contributed by atoms with Gasteiger partial charge in [-0.05, 0) is 31.6 Å². The molecule has 6 nitrogen and oxygen atoms in total. The van der Waals surface area contributed by atoms with Crippen molar-refractivity contribution in [2.45, 2.75) is 19.9 Å². The van der Waals surface area contributed by atoms with Crippen molar-refractivity contribution < 1.29 is 8.42 Å². The molecule has 0 aliphatic heterocycles. The highest BCUT2D eigenvalue weighted by molar-refractivity contribution is 7.95. The van der Waals surface area contributed by atoms with Gasteiger partial charge < -0.3 is 0 Å². The highest BCUT2D eigenvalue weighted by Gasteiger charge is 2.10. The van der Waals surface area contributed by atoms with Gasteiger partial charge in [0.05, 0.1) is 23.5 Å². The Kier molecular flexibility index (Phi) is 4.35. The molecule has 1 N–H and O–H groups in total. The lowest BCUT2D eigenvalue weighted by atomic mass is 10.2. The molecule has 0 bridgehead atoms. The number of sulfonamides is 1. The maximum absolute atomic E-state index is 12.2. The average Bonchev–Trinajstić information content (AvgIpc) is 2.97. The van der Waals surface area contributed by atoms with Crippen LogP contribution in [0.15, 0.2) is 54.2 Å². The molecule has 0 saturated carbocycles. The van der Waals surface area contributed by atoms with E-state index in [0.717, 1.165) is 22.0 Å². The summed E-state index contributed by atoms with van der Waals surface area (Å²) in [5, 5.41) is 6.20. The van der Waals surface area contributed by atoms with Crippen LogP contribution in [0.25, 0.3) is 17.1 Å². The van der Waals surface area contributed by atoms with Crippen molar-refractivity contribution in [1.82, 2.24) is 14.8 Å². The molecular weight excluding hydrogens is 324 g/mol. The van der Waals surface area contributed by atoms with Gasteiger partial charge in [0, 0.05) is 11.4 Å². The Balaban J connectivity index is 1.82. The third kappa shape index (κ3) is 3.62. The van der Waals surface area contributed by atoms with E-state index in [2.05, 4.69) is 14.8 Å². The van der Waals surface area contributed by atoms with E-state index in [-0.39, 0.29) is 6.04 Å². The maximum Gasteiger partial charge on any atom is 0.255 e. The van der Waals surface area contributed by atoms with Crippen molar-refractivity contribution >= 4 is 32.8 Å². The molecule has 24 heavy (non-hydrogen) atoms. The van der Waals surface area contributed by atoms with E-state index in [0.29, 0.717) is 5.69 Å². The van der Waals surface area contributed by atoms with E-state index >= 15 is 0 Å². The van der Waals surface area contributed by atoms with Gasteiger partial charge in [-0.15, -0.1) is 0 Å². The van der Waals surface area contributed by atoms with Crippen LogP contribution in [0.3, 0.4) is 0 Å². The SMILES string of the molecule is CC(C)n1ncc2cc(NS(=O)(=O)C=Cc3ccccc3)cnc21. The highest BCUT2D eigenvalue weighted by atomic mass is 32.2. The molecule has 124 valence electrons. The summed E-state index contributed by atoms with van der Waals surface area (Å²) >= 11 is 0. The van der Waals surface area contributed by atoms with Crippen molar-refractivity contribution in [3.8, 4) is 0 Å². The largest absolute Gasteiger partial charge is 0.279 e. The number of fused-ring (bicyclic) bond motifs is 1. The van der Waals surface area contributed by atoms with Crippen LogP contribution in [0.5, 0.6) is 0 Å². The first-order chi connectivity index (χ1) is 11.4. The molecule has 0 radical (unpaired) electrons. The molecule has 0 unspecified atom stereocenters. The molecule has 2 aromatic heterocycles. The predicted octanol–water partition coefficient (Wildman–Crippen LogP) is 3.42. The number of pyridine rings is 1. The van der Waals surface area contributed by atoms with Crippen molar-refractivity contribution in [2.75, 3.05) is 4.72 Å². The Bertz CT molecular complexity index is 976. The fraction of sp³-hybridized carbons (Fsp3) is 0.176. The van der Waals surface area contributed by atoms with Gasteiger partial charge in [-0.25, -0.2) is 18.1 Å². The minimum atomic E-state index is -3.61. The predicted molar refractivity (Wildman–Crippen MR) is 95.9 cm³/mol. The van der Waals surface area contributed by atoms with Crippen molar-refractivity contribution in [3.63, 3.8) is 0 Å². The number of benzene rings is 1. The monoisotopic (exact) mass is 342 g/mol. The molecule has 1 aromatic carbocycles. The second kappa shape index (κ2) is 6.45. The Hall–Kier alpha value is -2.67. The molecule has 3 rings (SSSR count). The van der Waals surface area contributed by atoms with E-state index < -0.39 is 10.0 Å². The number of aromatic nitrogens is 3. The second-order valence-corrected chi connectivity index (χ2v) is 7.25. The lowest BCUT2D eigenvalue weighted by Crippen LogP contribution is -2.09. The fourth-order valence-electron chi connectivity index (χ4n) is 2.30. The van der Waals surface area contributed by atoms with Crippen LogP contribution in [0, 0.1) is 0 Å². The first-order valence-corrected chi connectivity index (χ1v) is 9.08. The highest BCUT2D eigenvalue weighted by Crippen LogP contribution is 2.20. The summed E-state index contributed by atoms with van der Waals surface area (Å²) in [7, 11) is -3.61. The molecule has 0 atom stereocenters. The summed E-state index contributed by atoms with van der Waals surface area (Å²) in [6.45, 7) is 4.03. The molecule has 0 aliphatic rings. The van der Waals surface area contributed by atoms with Crippen LogP contribution < -0.4 is 4.72 Å². The summed E-state index contributed by atoms with van der Waals surface area (Å²) in [6, 6.07) is 11.2. The summed E-state index contributed by atoms with van der Waals surface area (Å²) in [6.07, 6.45) is 4.72. The first kappa shape index (κ1) is 16.2. The van der Waals surface area contributed by atoms with E-state index in [1.807, 2.05) is 44.2 Å². The van der Waals surface area contributed by atoms with Gasteiger partial charge in [-0.3, -0.25) is 4.72 Å². The van der Waals surface area contributed by atoms with Crippen molar-refractivity contribution in [3.05, 3.63) is 59.8 Å². The Labute approximate surface area is 140 Å².